The summed E-state index contributed by atoms with van der Waals surface area (Å²) in [7, 11) is 0. The first-order valence-corrected chi connectivity index (χ1v) is 6.33. The predicted molar refractivity (Wildman–Crippen MR) is 71.6 cm³/mol. The van der Waals surface area contributed by atoms with Crippen molar-refractivity contribution in [3.8, 4) is 0 Å². The van der Waals surface area contributed by atoms with E-state index in [4.69, 9.17) is 4.74 Å². The molecule has 102 valence electrons. The monoisotopic (exact) mass is 264 g/mol. The van der Waals surface area contributed by atoms with Crippen LogP contribution in [0.15, 0.2) is 0 Å². The summed E-state index contributed by atoms with van der Waals surface area (Å²) in [6.07, 6.45) is 4.47. The molecule has 1 heterocycles. The van der Waals surface area contributed by atoms with E-state index in [0.717, 1.165) is 32.4 Å². The number of halogens is 1. The van der Waals surface area contributed by atoms with Crippen molar-refractivity contribution in [2.24, 2.45) is 0 Å². The molecule has 0 saturated carbocycles. The summed E-state index contributed by atoms with van der Waals surface area (Å²) in [5.41, 5.74) is 0. The van der Waals surface area contributed by atoms with Gasteiger partial charge in [-0.1, -0.05) is 6.42 Å². The lowest BCUT2D eigenvalue weighted by Gasteiger charge is -2.22. The summed E-state index contributed by atoms with van der Waals surface area (Å²) < 4.78 is 5.40. The van der Waals surface area contributed by atoms with Gasteiger partial charge < -0.3 is 15.4 Å². The molecule has 4 nitrogen and oxygen atoms in total. The Bertz CT molecular complexity index is 207. The van der Waals surface area contributed by atoms with E-state index in [1.54, 1.807) is 0 Å². The van der Waals surface area contributed by atoms with Crippen molar-refractivity contribution in [1.82, 2.24) is 10.6 Å². The molecule has 2 N–H and O–H groups in total. The average molecular weight is 265 g/mol. The number of hydrogen-bond acceptors (Lipinski definition) is 3. The molecule has 0 aromatic rings. The second kappa shape index (κ2) is 9.68. The Hall–Kier alpha value is -0.320. The van der Waals surface area contributed by atoms with Gasteiger partial charge in [-0.05, 0) is 39.7 Å². The van der Waals surface area contributed by atoms with Crippen molar-refractivity contribution in [2.45, 2.75) is 51.7 Å². The highest BCUT2D eigenvalue weighted by Gasteiger charge is 2.19. The van der Waals surface area contributed by atoms with Crippen molar-refractivity contribution < 1.29 is 9.53 Å². The largest absolute Gasteiger partial charge is 0.379 e. The molecular weight excluding hydrogens is 240 g/mol. The summed E-state index contributed by atoms with van der Waals surface area (Å²) in [6, 6.07) is 0.0276. The number of amides is 1. The van der Waals surface area contributed by atoms with Crippen molar-refractivity contribution >= 4 is 18.3 Å². The van der Waals surface area contributed by atoms with Crippen LogP contribution in [0.2, 0.25) is 0 Å². The van der Waals surface area contributed by atoms with E-state index in [-0.39, 0.29) is 30.5 Å². The van der Waals surface area contributed by atoms with Gasteiger partial charge in [0.2, 0.25) is 5.91 Å². The van der Waals surface area contributed by atoms with Crippen molar-refractivity contribution in [3.63, 3.8) is 0 Å². The molecule has 1 aliphatic rings. The summed E-state index contributed by atoms with van der Waals surface area (Å²) in [6.45, 7) is 6.43. The third-order valence-electron chi connectivity index (χ3n) is 2.70. The lowest BCUT2D eigenvalue weighted by atomic mass is 10.0. The normalized spacial score (nSPS) is 19.8. The van der Waals surface area contributed by atoms with E-state index in [9.17, 15) is 4.79 Å². The third kappa shape index (κ3) is 7.58. The number of hydrogen-bond donors (Lipinski definition) is 2. The van der Waals surface area contributed by atoms with Gasteiger partial charge in [-0.2, -0.15) is 0 Å². The zero-order valence-corrected chi connectivity index (χ0v) is 11.6. The van der Waals surface area contributed by atoms with Crippen LogP contribution >= 0.6 is 12.4 Å². The number of carbonyl (C=O) groups is 1. The van der Waals surface area contributed by atoms with Crippen molar-refractivity contribution in [1.29, 1.82) is 0 Å². The molecule has 1 rings (SSSR count). The maximum atomic E-state index is 11.7. The van der Waals surface area contributed by atoms with Gasteiger partial charge in [0, 0.05) is 13.2 Å². The second-order valence-corrected chi connectivity index (χ2v) is 4.57. The van der Waals surface area contributed by atoms with E-state index >= 15 is 0 Å². The van der Waals surface area contributed by atoms with Gasteiger partial charge in [-0.15, -0.1) is 12.4 Å². The minimum absolute atomic E-state index is 0. The van der Waals surface area contributed by atoms with Crippen LogP contribution in [0.25, 0.3) is 0 Å². The molecule has 1 fully saturated rings. The molecule has 1 atom stereocenters. The molecule has 0 aliphatic carbocycles. The summed E-state index contributed by atoms with van der Waals surface area (Å²) in [5, 5.41) is 6.18. The molecule has 0 spiro atoms. The fraction of sp³-hybridized carbons (Fsp3) is 0.917. The van der Waals surface area contributed by atoms with Crippen LogP contribution in [0.4, 0.5) is 0 Å². The first kappa shape index (κ1) is 16.7. The lowest BCUT2D eigenvalue weighted by Crippen LogP contribution is -2.46. The molecule has 0 aromatic heterocycles. The molecule has 1 aliphatic heterocycles. The highest BCUT2D eigenvalue weighted by molar-refractivity contribution is 5.85. The molecule has 0 aromatic carbocycles. The Morgan fingerprint density at radius 2 is 2.24 bits per heavy atom. The number of nitrogens with one attached hydrogen (secondary N) is 2. The zero-order chi connectivity index (χ0) is 11.8. The molecule has 5 heteroatoms. The minimum Gasteiger partial charge on any atom is -0.379 e. The molecule has 1 amide bonds. The smallest absolute Gasteiger partial charge is 0.237 e. The maximum Gasteiger partial charge on any atom is 0.237 e. The second-order valence-electron chi connectivity index (χ2n) is 4.57. The van der Waals surface area contributed by atoms with E-state index in [1.807, 2.05) is 13.8 Å². The van der Waals surface area contributed by atoms with Crippen molar-refractivity contribution in [2.75, 3.05) is 19.7 Å². The number of ether oxygens (including phenoxy) is 1. The third-order valence-corrected chi connectivity index (χ3v) is 2.70. The summed E-state index contributed by atoms with van der Waals surface area (Å²) >= 11 is 0. The number of rotatable bonds is 6. The highest BCUT2D eigenvalue weighted by Crippen LogP contribution is 2.06. The molecule has 0 unspecified atom stereocenters. The molecule has 0 radical (unpaired) electrons. The van der Waals surface area contributed by atoms with E-state index in [0.29, 0.717) is 6.54 Å². The van der Waals surface area contributed by atoms with Crippen LogP contribution in [0.1, 0.15) is 39.5 Å². The van der Waals surface area contributed by atoms with Gasteiger partial charge in [-0.25, -0.2) is 0 Å². The average Bonchev–Trinajstić information content (AvgIpc) is 2.29. The van der Waals surface area contributed by atoms with Crippen LogP contribution in [0, 0.1) is 0 Å². The highest BCUT2D eigenvalue weighted by atomic mass is 35.5. The first-order valence-electron chi connectivity index (χ1n) is 6.33. The molecular formula is C12H25ClN2O2. The summed E-state index contributed by atoms with van der Waals surface area (Å²) in [4.78, 5) is 11.7. The number of carbonyl (C=O) groups excluding carboxylic acids is 1. The Morgan fingerprint density at radius 1 is 1.47 bits per heavy atom. The first-order chi connectivity index (χ1) is 7.70. The van der Waals surface area contributed by atoms with E-state index in [2.05, 4.69) is 10.6 Å². The topological polar surface area (TPSA) is 50.4 Å². The van der Waals surface area contributed by atoms with Gasteiger partial charge in [0.25, 0.3) is 0 Å². The van der Waals surface area contributed by atoms with Crippen LogP contribution < -0.4 is 10.6 Å². The predicted octanol–water partition coefficient (Wildman–Crippen LogP) is 1.48. The number of piperidine rings is 1. The van der Waals surface area contributed by atoms with Gasteiger partial charge in [0.1, 0.15) is 0 Å². The van der Waals surface area contributed by atoms with Gasteiger partial charge in [-0.3, -0.25) is 4.79 Å². The van der Waals surface area contributed by atoms with E-state index in [1.165, 1.54) is 6.42 Å². The molecule has 0 bridgehead atoms. The van der Waals surface area contributed by atoms with Crippen molar-refractivity contribution in [3.05, 3.63) is 0 Å². The SMILES string of the molecule is CC(C)OCCCNC(=O)[C@@H]1CCCCN1.Cl. The van der Waals surface area contributed by atoms with Crippen LogP contribution in [0.3, 0.4) is 0 Å². The standard InChI is InChI=1S/C12H24N2O2.ClH/c1-10(2)16-9-5-8-14-12(15)11-6-3-4-7-13-11;/h10-11,13H,3-9H2,1-2H3,(H,14,15);1H/t11-;/m0./s1. The Labute approximate surface area is 110 Å². The summed E-state index contributed by atoms with van der Waals surface area (Å²) in [5.74, 6) is 0.143. The van der Waals surface area contributed by atoms with E-state index < -0.39 is 0 Å². The van der Waals surface area contributed by atoms with Crippen LogP contribution in [0.5, 0.6) is 0 Å². The Balaban J connectivity index is 0.00000256. The molecule has 17 heavy (non-hydrogen) atoms. The van der Waals surface area contributed by atoms with Gasteiger partial charge >= 0.3 is 0 Å². The van der Waals surface area contributed by atoms with Gasteiger partial charge in [0.15, 0.2) is 0 Å². The fourth-order valence-electron chi connectivity index (χ4n) is 1.80. The van der Waals surface area contributed by atoms with Crippen LogP contribution in [-0.2, 0) is 9.53 Å². The minimum atomic E-state index is 0. The zero-order valence-electron chi connectivity index (χ0n) is 10.8. The maximum absolute atomic E-state index is 11.7. The quantitative estimate of drug-likeness (QED) is 0.715. The lowest BCUT2D eigenvalue weighted by molar-refractivity contribution is -0.123. The Kier molecular flexibility index (Phi) is 9.50. The fourth-order valence-corrected chi connectivity index (χ4v) is 1.80. The Morgan fingerprint density at radius 3 is 2.82 bits per heavy atom. The van der Waals surface area contributed by atoms with Crippen LogP contribution in [-0.4, -0.2) is 37.7 Å². The van der Waals surface area contributed by atoms with Gasteiger partial charge in [0.05, 0.1) is 12.1 Å². The molecule has 1 saturated heterocycles.